The minimum absolute atomic E-state index is 0.135. The Kier molecular flexibility index (Phi) is 4.01. The van der Waals surface area contributed by atoms with Gasteiger partial charge < -0.3 is 4.90 Å². The molecule has 20 heavy (non-hydrogen) atoms. The molecule has 1 aliphatic carbocycles. The average Bonchev–Trinajstić information content (AvgIpc) is 2.49. The van der Waals surface area contributed by atoms with Crippen molar-refractivity contribution in [3.8, 4) is 0 Å². The van der Waals surface area contributed by atoms with E-state index in [1.165, 1.54) is 6.07 Å². The van der Waals surface area contributed by atoms with Crippen LogP contribution >= 0.6 is 0 Å². The number of nitrogens with zero attached hydrogens (tertiary/aromatic N) is 2. The molecule has 4 heteroatoms. The second-order valence-corrected chi connectivity index (χ2v) is 5.74. The number of carbonyl (C=O) groups is 1. The molecule has 0 radical (unpaired) electrons. The first-order valence-corrected chi connectivity index (χ1v) is 7.49. The number of halogens is 1. The predicted molar refractivity (Wildman–Crippen MR) is 77.4 cm³/mol. The third-order valence-electron chi connectivity index (χ3n) is 4.54. The molecular formula is C16H21FN2O. The Balaban J connectivity index is 1.57. The second-order valence-electron chi connectivity index (χ2n) is 5.74. The van der Waals surface area contributed by atoms with Gasteiger partial charge in [0.2, 0.25) is 0 Å². The summed E-state index contributed by atoms with van der Waals surface area (Å²) in [6.07, 6.45) is 3.47. The van der Waals surface area contributed by atoms with Crippen LogP contribution in [0.3, 0.4) is 0 Å². The van der Waals surface area contributed by atoms with E-state index in [1.807, 2.05) is 12.1 Å². The van der Waals surface area contributed by atoms with Gasteiger partial charge in [-0.1, -0.05) is 12.1 Å². The van der Waals surface area contributed by atoms with E-state index in [-0.39, 0.29) is 5.82 Å². The fourth-order valence-electron chi connectivity index (χ4n) is 3.33. The smallest absolute Gasteiger partial charge is 0.146 e. The van der Waals surface area contributed by atoms with Crippen LogP contribution in [0.5, 0.6) is 0 Å². The lowest BCUT2D eigenvalue weighted by Crippen LogP contribution is -2.51. The van der Waals surface area contributed by atoms with Gasteiger partial charge in [0.15, 0.2) is 0 Å². The van der Waals surface area contributed by atoms with Gasteiger partial charge >= 0.3 is 0 Å². The molecule has 108 valence electrons. The largest absolute Gasteiger partial charge is 0.367 e. The van der Waals surface area contributed by atoms with E-state index in [0.717, 1.165) is 51.9 Å². The summed E-state index contributed by atoms with van der Waals surface area (Å²) in [5.74, 6) is 0.274. The number of hydrogen-bond acceptors (Lipinski definition) is 3. The number of rotatable bonds is 2. The molecule has 1 saturated carbocycles. The highest BCUT2D eigenvalue weighted by Gasteiger charge is 2.27. The summed E-state index contributed by atoms with van der Waals surface area (Å²) in [5.41, 5.74) is 0.714. The molecule has 1 aromatic rings. The molecule has 3 nitrogen and oxygen atoms in total. The molecule has 0 amide bonds. The molecule has 1 aliphatic heterocycles. The maximum absolute atomic E-state index is 13.8. The van der Waals surface area contributed by atoms with Gasteiger partial charge in [-0.25, -0.2) is 4.39 Å². The summed E-state index contributed by atoms with van der Waals surface area (Å²) in [6.45, 7) is 3.66. The maximum atomic E-state index is 13.8. The first-order chi connectivity index (χ1) is 9.74. The molecule has 2 fully saturated rings. The minimum atomic E-state index is -0.135. The molecule has 3 rings (SSSR count). The summed E-state index contributed by atoms with van der Waals surface area (Å²) in [4.78, 5) is 15.9. The first kappa shape index (κ1) is 13.6. The van der Waals surface area contributed by atoms with Crippen LogP contribution in [0.4, 0.5) is 10.1 Å². The van der Waals surface area contributed by atoms with E-state index in [4.69, 9.17) is 0 Å². The van der Waals surface area contributed by atoms with E-state index >= 15 is 0 Å². The van der Waals surface area contributed by atoms with E-state index in [0.29, 0.717) is 17.5 Å². The summed E-state index contributed by atoms with van der Waals surface area (Å²) in [5, 5.41) is 0. The van der Waals surface area contributed by atoms with E-state index in [9.17, 15) is 9.18 Å². The highest BCUT2D eigenvalue weighted by atomic mass is 19.1. The van der Waals surface area contributed by atoms with Crippen molar-refractivity contribution in [3.63, 3.8) is 0 Å². The van der Waals surface area contributed by atoms with Crippen molar-refractivity contribution in [2.75, 3.05) is 31.1 Å². The van der Waals surface area contributed by atoms with Crippen molar-refractivity contribution in [3.05, 3.63) is 30.1 Å². The van der Waals surface area contributed by atoms with Gasteiger partial charge in [-0.3, -0.25) is 9.69 Å². The lowest BCUT2D eigenvalue weighted by Gasteiger charge is -2.41. The SMILES string of the molecule is O=C1CCC(N2CCN(c3ccccc3F)CC2)CC1. The van der Waals surface area contributed by atoms with Crippen LogP contribution in [-0.2, 0) is 4.79 Å². The Bertz CT molecular complexity index is 473. The number of Topliss-reactive ketones (excluding diaryl/α,β-unsaturated/α-hetero) is 1. The molecule has 0 aromatic heterocycles. The van der Waals surface area contributed by atoms with E-state index in [2.05, 4.69) is 9.80 Å². The van der Waals surface area contributed by atoms with Crippen LogP contribution < -0.4 is 4.90 Å². The number of benzene rings is 1. The Morgan fingerprint density at radius 1 is 1.00 bits per heavy atom. The van der Waals surface area contributed by atoms with Crippen LogP contribution in [0.2, 0.25) is 0 Å². The molecule has 0 unspecified atom stereocenters. The van der Waals surface area contributed by atoms with Crippen LogP contribution in [0.1, 0.15) is 25.7 Å². The van der Waals surface area contributed by atoms with Crippen molar-refractivity contribution < 1.29 is 9.18 Å². The Morgan fingerprint density at radius 3 is 2.30 bits per heavy atom. The van der Waals surface area contributed by atoms with Gasteiger partial charge in [0, 0.05) is 45.1 Å². The first-order valence-electron chi connectivity index (χ1n) is 7.49. The van der Waals surface area contributed by atoms with Gasteiger partial charge in [0.05, 0.1) is 5.69 Å². The van der Waals surface area contributed by atoms with Crippen LogP contribution in [0, 0.1) is 5.82 Å². The van der Waals surface area contributed by atoms with Gasteiger partial charge in [-0.15, -0.1) is 0 Å². The number of anilines is 1. The fourth-order valence-corrected chi connectivity index (χ4v) is 3.33. The third kappa shape index (κ3) is 2.85. The predicted octanol–water partition coefficient (Wildman–Crippen LogP) is 2.46. The number of carbonyl (C=O) groups excluding carboxylic acids is 1. The molecule has 0 bridgehead atoms. The normalized spacial score (nSPS) is 22.2. The highest BCUT2D eigenvalue weighted by Crippen LogP contribution is 2.24. The zero-order valence-corrected chi connectivity index (χ0v) is 11.7. The van der Waals surface area contributed by atoms with Crippen LogP contribution in [-0.4, -0.2) is 42.9 Å². The van der Waals surface area contributed by atoms with Crippen molar-refractivity contribution in [1.29, 1.82) is 0 Å². The Morgan fingerprint density at radius 2 is 1.65 bits per heavy atom. The topological polar surface area (TPSA) is 23.6 Å². The van der Waals surface area contributed by atoms with Crippen molar-refractivity contribution in [1.82, 2.24) is 4.90 Å². The van der Waals surface area contributed by atoms with E-state index in [1.54, 1.807) is 6.07 Å². The quantitative estimate of drug-likeness (QED) is 0.829. The van der Waals surface area contributed by atoms with Gasteiger partial charge in [-0.2, -0.15) is 0 Å². The minimum Gasteiger partial charge on any atom is -0.367 e. The Hall–Kier alpha value is -1.42. The summed E-state index contributed by atoms with van der Waals surface area (Å²) in [7, 11) is 0. The molecule has 2 aliphatic rings. The van der Waals surface area contributed by atoms with Crippen LogP contribution in [0.15, 0.2) is 24.3 Å². The third-order valence-corrected chi connectivity index (χ3v) is 4.54. The lowest BCUT2D eigenvalue weighted by molar-refractivity contribution is -0.121. The molecule has 0 atom stereocenters. The van der Waals surface area contributed by atoms with Gasteiger partial charge in [-0.05, 0) is 25.0 Å². The van der Waals surface area contributed by atoms with Crippen LogP contribution in [0.25, 0.3) is 0 Å². The molecule has 0 spiro atoms. The fraction of sp³-hybridized carbons (Fsp3) is 0.562. The summed E-state index contributed by atoms with van der Waals surface area (Å²) in [6, 6.07) is 7.54. The van der Waals surface area contributed by atoms with Gasteiger partial charge in [0.25, 0.3) is 0 Å². The maximum Gasteiger partial charge on any atom is 0.146 e. The van der Waals surface area contributed by atoms with Crippen molar-refractivity contribution in [2.24, 2.45) is 0 Å². The van der Waals surface area contributed by atoms with Crippen molar-refractivity contribution >= 4 is 11.5 Å². The molecule has 0 N–H and O–H groups in total. The highest BCUT2D eigenvalue weighted by molar-refractivity contribution is 5.79. The lowest BCUT2D eigenvalue weighted by atomic mass is 9.93. The summed E-state index contributed by atoms with van der Waals surface area (Å²) < 4.78 is 13.8. The molecule has 1 heterocycles. The summed E-state index contributed by atoms with van der Waals surface area (Å²) >= 11 is 0. The molecule has 1 saturated heterocycles. The molecule has 1 aromatic carbocycles. The molecular weight excluding hydrogens is 255 g/mol. The Labute approximate surface area is 119 Å². The second kappa shape index (κ2) is 5.92. The van der Waals surface area contributed by atoms with Crippen molar-refractivity contribution in [2.45, 2.75) is 31.7 Å². The number of hydrogen-bond donors (Lipinski definition) is 0. The zero-order valence-electron chi connectivity index (χ0n) is 11.7. The number of ketones is 1. The van der Waals surface area contributed by atoms with E-state index < -0.39 is 0 Å². The number of para-hydroxylation sites is 1. The monoisotopic (exact) mass is 276 g/mol. The number of piperazine rings is 1. The van der Waals surface area contributed by atoms with Gasteiger partial charge in [0.1, 0.15) is 11.6 Å². The average molecular weight is 276 g/mol. The standard InChI is InChI=1S/C16H21FN2O/c17-15-3-1-2-4-16(15)19-11-9-18(10-12-19)13-5-7-14(20)8-6-13/h1-4,13H,5-12H2. The zero-order chi connectivity index (χ0) is 13.9.